The van der Waals surface area contributed by atoms with Crippen LogP contribution < -0.4 is 11.3 Å². The lowest BCUT2D eigenvalue weighted by molar-refractivity contribution is 0.497. The van der Waals surface area contributed by atoms with Crippen molar-refractivity contribution in [2.45, 2.75) is 25.8 Å². The quantitative estimate of drug-likeness (QED) is 0.657. The Labute approximate surface area is 121 Å². The molecule has 0 amide bonds. The lowest BCUT2D eigenvalue weighted by Crippen LogP contribution is -2.38. The number of halogens is 3. The standard InChI is InChI=1S/C16H17F3N2/c1-10-6-13(17)4-3-12(10)9-14(21-20)7-11-2-5-15(18)16(19)8-11/h2-6,8,14,21H,7,9,20H2,1H3. The fourth-order valence-corrected chi connectivity index (χ4v) is 2.29. The van der Waals surface area contributed by atoms with Gasteiger partial charge in [-0.2, -0.15) is 0 Å². The third kappa shape index (κ3) is 4.06. The highest BCUT2D eigenvalue weighted by Crippen LogP contribution is 2.15. The first-order chi connectivity index (χ1) is 9.99. The maximum absolute atomic E-state index is 13.2. The number of rotatable bonds is 5. The van der Waals surface area contributed by atoms with Crippen molar-refractivity contribution in [1.29, 1.82) is 0 Å². The molecule has 0 aliphatic heterocycles. The van der Waals surface area contributed by atoms with E-state index in [-0.39, 0.29) is 11.9 Å². The van der Waals surface area contributed by atoms with Crippen LogP contribution in [-0.4, -0.2) is 6.04 Å². The van der Waals surface area contributed by atoms with Crippen LogP contribution in [0.3, 0.4) is 0 Å². The van der Waals surface area contributed by atoms with Gasteiger partial charge in [-0.3, -0.25) is 11.3 Å². The molecule has 2 nitrogen and oxygen atoms in total. The molecule has 0 aromatic heterocycles. The van der Waals surface area contributed by atoms with E-state index in [0.717, 1.165) is 23.3 Å². The highest BCUT2D eigenvalue weighted by Gasteiger charge is 2.12. The molecule has 0 aliphatic rings. The molecule has 1 atom stereocenters. The zero-order valence-electron chi connectivity index (χ0n) is 11.7. The van der Waals surface area contributed by atoms with Gasteiger partial charge in [0.05, 0.1) is 0 Å². The van der Waals surface area contributed by atoms with E-state index >= 15 is 0 Å². The Morgan fingerprint density at radius 2 is 1.76 bits per heavy atom. The summed E-state index contributed by atoms with van der Waals surface area (Å²) >= 11 is 0. The maximum Gasteiger partial charge on any atom is 0.159 e. The largest absolute Gasteiger partial charge is 0.271 e. The molecule has 0 heterocycles. The molecular formula is C16H17F3N2. The maximum atomic E-state index is 13.2. The number of aryl methyl sites for hydroxylation is 1. The summed E-state index contributed by atoms with van der Waals surface area (Å²) in [6.07, 6.45) is 1.02. The van der Waals surface area contributed by atoms with Gasteiger partial charge in [-0.25, -0.2) is 13.2 Å². The predicted octanol–water partition coefficient (Wildman–Crippen LogP) is 3.03. The van der Waals surface area contributed by atoms with E-state index in [0.29, 0.717) is 18.4 Å². The van der Waals surface area contributed by atoms with Crippen LogP contribution in [-0.2, 0) is 12.8 Å². The van der Waals surface area contributed by atoms with Crippen LogP contribution in [0.25, 0.3) is 0 Å². The van der Waals surface area contributed by atoms with Crippen LogP contribution >= 0.6 is 0 Å². The van der Waals surface area contributed by atoms with Crippen LogP contribution in [0.5, 0.6) is 0 Å². The number of nitrogens with one attached hydrogen (secondary N) is 1. The van der Waals surface area contributed by atoms with Crippen LogP contribution in [0.15, 0.2) is 36.4 Å². The van der Waals surface area contributed by atoms with Gasteiger partial charge < -0.3 is 0 Å². The van der Waals surface area contributed by atoms with E-state index in [9.17, 15) is 13.2 Å². The Hall–Kier alpha value is -1.85. The number of hydrogen-bond acceptors (Lipinski definition) is 2. The second-order valence-electron chi connectivity index (χ2n) is 5.09. The van der Waals surface area contributed by atoms with Gasteiger partial charge in [0, 0.05) is 6.04 Å². The molecule has 0 fully saturated rings. The van der Waals surface area contributed by atoms with Crippen molar-refractivity contribution in [3.05, 3.63) is 70.5 Å². The molecule has 1 unspecified atom stereocenters. The zero-order chi connectivity index (χ0) is 15.4. The lowest BCUT2D eigenvalue weighted by Gasteiger charge is -2.17. The van der Waals surface area contributed by atoms with E-state index in [4.69, 9.17) is 5.84 Å². The smallest absolute Gasteiger partial charge is 0.159 e. The van der Waals surface area contributed by atoms with Gasteiger partial charge in [0.1, 0.15) is 5.82 Å². The summed E-state index contributed by atoms with van der Waals surface area (Å²) in [6, 6.07) is 8.20. The summed E-state index contributed by atoms with van der Waals surface area (Å²) < 4.78 is 39.2. The van der Waals surface area contributed by atoms with Crippen molar-refractivity contribution in [2.75, 3.05) is 0 Å². The second kappa shape index (κ2) is 6.74. The SMILES string of the molecule is Cc1cc(F)ccc1CC(Cc1ccc(F)c(F)c1)NN. The Morgan fingerprint density at radius 1 is 1.00 bits per heavy atom. The second-order valence-corrected chi connectivity index (χ2v) is 5.09. The summed E-state index contributed by atoms with van der Waals surface area (Å²) in [5.74, 6) is 3.50. The normalized spacial score (nSPS) is 12.4. The fraction of sp³-hybridized carbons (Fsp3) is 0.250. The Kier molecular flexibility index (Phi) is 4.98. The highest BCUT2D eigenvalue weighted by molar-refractivity contribution is 5.28. The Bertz CT molecular complexity index is 629. The summed E-state index contributed by atoms with van der Waals surface area (Å²) in [5.41, 5.74) is 5.11. The minimum Gasteiger partial charge on any atom is -0.271 e. The van der Waals surface area contributed by atoms with Crippen LogP contribution in [0.1, 0.15) is 16.7 Å². The van der Waals surface area contributed by atoms with E-state index in [2.05, 4.69) is 5.43 Å². The average Bonchev–Trinajstić information content (AvgIpc) is 2.44. The molecule has 3 N–H and O–H groups in total. The molecule has 0 spiro atoms. The van der Waals surface area contributed by atoms with E-state index in [1.54, 1.807) is 6.07 Å². The van der Waals surface area contributed by atoms with Crippen molar-refractivity contribution in [3.8, 4) is 0 Å². The number of hydrazine groups is 1. The molecule has 0 saturated heterocycles. The molecule has 0 saturated carbocycles. The monoisotopic (exact) mass is 294 g/mol. The minimum atomic E-state index is -0.874. The first-order valence-electron chi connectivity index (χ1n) is 6.64. The van der Waals surface area contributed by atoms with Crippen LogP contribution in [0.2, 0.25) is 0 Å². The van der Waals surface area contributed by atoms with Gasteiger partial charge in [0.25, 0.3) is 0 Å². The molecule has 21 heavy (non-hydrogen) atoms. The summed E-state index contributed by atoms with van der Waals surface area (Å²) in [7, 11) is 0. The molecule has 112 valence electrons. The molecule has 0 aliphatic carbocycles. The molecule has 0 radical (unpaired) electrons. The first-order valence-corrected chi connectivity index (χ1v) is 6.64. The lowest BCUT2D eigenvalue weighted by atomic mass is 9.96. The molecule has 2 aromatic carbocycles. The molecule has 2 rings (SSSR count). The Morgan fingerprint density at radius 3 is 2.38 bits per heavy atom. The van der Waals surface area contributed by atoms with E-state index in [1.807, 2.05) is 6.92 Å². The van der Waals surface area contributed by atoms with Gasteiger partial charge in [-0.1, -0.05) is 12.1 Å². The average molecular weight is 294 g/mol. The summed E-state index contributed by atoms with van der Waals surface area (Å²) in [4.78, 5) is 0. The van der Waals surface area contributed by atoms with Gasteiger partial charge >= 0.3 is 0 Å². The third-order valence-corrected chi connectivity index (χ3v) is 3.47. The first kappa shape index (κ1) is 15.5. The van der Waals surface area contributed by atoms with Gasteiger partial charge in [-0.05, 0) is 60.7 Å². The fourth-order valence-electron chi connectivity index (χ4n) is 2.29. The van der Waals surface area contributed by atoms with Gasteiger partial charge in [0.15, 0.2) is 11.6 Å². The number of benzene rings is 2. The third-order valence-electron chi connectivity index (χ3n) is 3.47. The summed E-state index contributed by atoms with van der Waals surface area (Å²) in [5, 5.41) is 0. The minimum absolute atomic E-state index is 0.154. The summed E-state index contributed by atoms with van der Waals surface area (Å²) in [6.45, 7) is 1.82. The number of nitrogens with two attached hydrogens (primary N) is 1. The van der Waals surface area contributed by atoms with Crippen molar-refractivity contribution < 1.29 is 13.2 Å². The van der Waals surface area contributed by atoms with E-state index < -0.39 is 11.6 Å². The molecular weight excluding hydrogens is 277 g/mol. The van der Waals surface area contributed by atoms with Crippen LogP contribution in [0.4, 0.5) is 13.2 Å². The molecule has 5 heteroatoms. The predicted molar refractivity (Wildman–Crippen MR) is 76.0 cm³/mol. The van der Waals surface area contributed by atoms with Gasteiger partial charge in [-0.15, -0.1) is 0 Å². The topological polar surface area (TPSA) is 38.0 Å². The molecule has 2 aromatic rings. The van der Waals surface area contributed by atoms with Crippen molar-refractivity contribution in [1.82, 2.24) is 5.43 Å². The van der Waals surface area contributed by atoms with Crippen molar-refractivity contribution >= 4 is 0 Å². The van der Waals surface area contributed by atoms with Crippen LogP contribution in [0, 0.1) is 24.4 Å². The Balaban J connectivity index is 2.10. The highest BCUT2D eigenvalue weighted by atomic mass is 19.2. The van der Waals surface area contributed by atoms with Gasteiger partial charge in [0.2, 0.25) is 0 Å². The van der Waals surface area contributed by atoms with Crippen molar-refractivity contribution in [3.63, 3.8) is 0 Å². The van der Waals surface area contributed by atoms with Crippen molar-refractivity contribution in [2.24, 2.45) is 5.84 Å². The van der Waals surface area contributed by atoms with E-state index in [1.165, 1.54) is 18.2 Å². The zero-order valence-corrected chi connectivity index (χ0v) is 11.7. The molecule has 0 bridgehead atoms. The number of hydrogen-bond donors (Lipinski definition) is 2.